The van der Waals surface area contributed by atoms with Gasteiger partial charge in [-0.05, 0) is 83.5 Å². The first kappa shape index (κ1) is 69.6. The molecule has 0 spiro atoms. The van der Waals surface area contributed by atoms with E-state index in [0.717, 1.165) is 77.0 Å². The summed E-state index contributed by atoms with van der Waals surface area (Å²) in [5.41, 5.74) is 0. The predicted molar refractivity (Wildman–Crippen MR) is 316 cm³/mol. The first-order valence-electron chi connectivity index (χ1n) is 31.8. The highest BCUT2D eigenvalue weighted by Gasteiger charge is 2.18. The Morgan fingerprint density at radius 2 is 0.625 bits per heavy atom. The van der Waals surface area contributed by atoms with Crippen LogP contribution in [0.4, 0.5) is 0 Å². The highest BCUT2D eigenvalue weighted by atomic mass is 16.6. The molecule has 0 fully saturated rings. The molecule has 5 nitrogen and oxygen atoms in total. The van der Waals surface area contributed by atoms with Gasteiger partial charge < -0.3 is 14.2 Å². The van der Waals surface area contributed by atoms with E-state index in [2.05, 4.69) is 81.5 Å². The first-order valence-corrected chi connectivity index (χ1v) is 31.8. The number of unbranched alkanes of at least 4 members (excludes halogenated alkanes) is 38. The van der Waals surface area contributed by atoms with Gasteiger partial charge in [-0.25, -0.2) is 0 Å². The summed E-state index contributed by atoms with van der Waals surface area (Å²) in [6, 6.07) is 0. The van der Waals surface area contributed by atoms with Gasteiger partial charge in [0.2, 0.25) is 0 Å². The van der Waals surface area contributed by atoms with Gasteiger partial charge in [0, 0.05) is 19.4 Å². The van der Waals surface area contributed by atoms with Crippen LogP contribution in [0.2, 0.25) is 0 Å². The Kier molecular flexibility index (Phi) is 60.8. The summed E-state index contributed by atoms with van der Waals surface area (Å²) >= 11 is 0. The van der Waals surface area contributed by atoms with Crippen LogP contribution in [0.15, 0.2) is 60.8 Å². The molecule has 5 heteroatoms. The summed E-state index contributed by atoms with van der Waals surface area (Å²) < 4.78 is 17.6. The third kappa shape index (κ3) is 60.2. The molecule has 0 aliphatic heterocycles. The zero-order valence-corrected chi connectivity index (χ0v) is 48.5. The number of hydrogen-bond acceptors (Lipinski definition) is 5. The molecule has 1 unspecified atom stereocenters. The Labute approximate surface area is 449 Å². The molecule has 0 aromatic heterocycles. The zero-order chi connectivity index (χ0) is 52.0. The lowest BCUT2D eigenvalue weighted by atomic mass is 10.0. The molecule has 1 atom stereocenters. The number of hydrogen-bond donors (Lipinski definition) is 0. The normalized spacial score (nSPS) is 12.5. The smallest absolute Gasteiger partial charge is 0.306 e. The maximum absolute atomic E-state index is 12.9. The Bertz CT molecular complexity index is 1230. The van der Waals surface area contributed by atoms with Gasteiger partial charge >= 0.3 is 11.9 Å². The lowest BCUT2D eigenvalue weighted by molar-refractivity contribution is -0.163. The summed E-state index contributed by atoms with van der Waals surface area (Å²) in [6.45, 7) is 7.76. The zero-order valence-electron chi connectivity index (χ0n) is 48.5. The second-order valence-corrected chi connectivity index (χ2v) is 21.3. The van der Waals surface area contributed by atoms with E-state index < -0.39 is 6.10 Å². The summed E-state index contributed by atoms with van der Waals surface area (Å²) in [5, 5.41) is 0. The van der Waals surface area contributed by atoms with Crippen molar-refractivity contribution in [2.24, 2.45) is 0 Å². The monoisotopic (exact) mass is 1010 g/mol. The number of rotatable bonds is 59. The molecule has 0 aliphatic rings. The highest BCUT2D eigenvalue weighted by molar-refractivity contribution is 5.70. The quantitative estimate of drug-likeness (QED) is 0.0345. The standard InChI is InChI=1S/C67H122O5/c1-4-7-10-13-16-19-22-25-28-31-33-35-38-41-44-47-50-53-56-59-62-70-63-65(72-67(69)61-58-55-52-49-46-43-40-36-30-27-24-21-18-15-12-9-6-3)64-71-66(68)60-57-54-51-48-45-42-39-37-34-32-29-26-23-20-17-14-11-8-5-2/h8,11,17,20,25-26,28-29,34,37,65H,4-7,9-10,12-16,18-19,21-24,27,30-33,35-36,38-64H2,1-3H3/b11-8-,20-17-,28-25-,29-26-,37-34-. The van der Waals surface area contributed by atoms with Crippen molar-refractivity contribution in [1.82, 2.24) is 0 Å². The molecular weight excluding hydrogens is 885 g/mol. The Balaban J connectivity index is 4.27. The van der Waals surface area contributed by atoms with Crippen LogP contribution in [0.25, 0.3) is 0 Å². The van der Waals surface area contributed by atoms with Crippen LogP contribution in [0.1, 0.15) is 329 Å². The van der Waals surface area contributed by atoms with Crippen molar-refractivity contribution in [3.63, 3.8) is 0 Å². The second-order valence-electron chi connectivity index (χ2n) is 21.3. The maximum atomic E-state index is 12.9. The number of allylic oxidation sites excluding steroid dienone is 10. The number of carbonyl (C=O) groups is 2. The molecule has 0 saturated heterocycles. The van der Waals surface area contributed by atoms with Crippen molar-refractivity contribution >= 4 is 11.9 Å². The van der Waals surface area contributed by atoms with Crippen LogP contribution in [0.3, 0.4) is 0 Å². The molecule has 0 amide bonds. The van der Waals surface area contributed by atoms with E-state index in [9.17, 15) is 9.59 Å². The Morgan fingerprint density at radius 1 is 0.319 bits per heavy atom. The Hall–Kier alpha value is -2.40. The summed E-state index contributed by atoms with van der Waals surface area (Å²) in [7, 11) is 0. The third-order valence-electron chi connectivity index (χ3n) is 14.0. The highest BCUT2D eigenvalue weighted by Crippen LogP contribution is 2.17. The van der Waals surface area contributed by atoms with Gasteiger partial charge in [0.1, 0.15) is 6.61 Å². The van der Waals surface area contributed by atoms with Crippen LogP contribution >= 0.6 is 0 Å². The van der Waals surface area contributed by atoms with E-state index in [4.69, 9.17) is 14.2 Å². The molecule has 0 radical (unpaired) electrons. The minimum absolute atomic E-state index is 0.0802. The maximum Gasteiger partial charge on any atom is 0.306 e. The molecule has 72 heavy (non-hydrogen) atoms. The van der Waals surface area contributed by atoms with Crippen LogP contribution in [0.5, 0.6) is 0 Å². The van der Waals surface area contributed by atoms with Crippen LogP contribution in [-0.2, 0) is 23.8 Å². The molecular formula is C67H122O5. The fourth-order valence-electron chi connectivity index (χ4n) is 9.32. The molecule has 0 aliphatic carbocycles. The van der Waals surface area contributed by atoms with Crippen molar-refractivity contribution in [3.8, 4) is 0 Å². The van der Waals surface area contributed by atoms with Gasteiger partial charge in [-0.3, -0.25) is 9.59 Å². The van der Waals surface area contributed by atoms with Crippen molar-refractivity contribution < 1.29 is 23.8 Å². The molecule has 0 rings (SSSR count). The van der Waals surface area contributed by atoms with Crippen molar-refractivity contribution in [1.29, 1.82) is 0 Å². The van der Waals surface area contributed by atoms with Gasteiger partial charge in [0.05, 0.1) is 6.61 Å². The average Bonchev–Trinajstić information content (AvgIpc) is 3.38. The SMILES string of the molecule is CC/C=C\C/C=C\C/C=C\C/C=C\CCCCCCCCC(=O)OCC(COCCCCCCCCCCCC/C=C\CCCCCCCC)OC(=O)CCCCCCCCCCCCCCCCCCC. The molecule has 0 saturated carbocycles. The minimum atomic E-state index is -0.543. The van der Waals surface area contributed by atoms with Gasteiger partial charge in [0.15, 0.2) is 6.10 Å². The number of esters is 2. The van der Waals surface area contributed by atoms with Crippen LogP contribution in [-0.4, -0.2) is 37.9 Å². The number of ether oxygens (including phenoxy) is 3. The fourth-order valence-corrected chi connectivity index (χ4v) is 9.32. The molecule has 0 bridgehead atoms. The summed E-state index contributed by atoms with van der Waals surface area (Å²) in [4.78, 5) is 25.6. The topological polar surface area (TPSA) is 61.8 Å². The third-order valence-corrected chi connectivity index (χ3v) is 14.0. The van der Waals surface area contributed by atoms with Crippen molar-refractivity contribution in [2.45, 2.75) is 335 Å². The van der Waals surface area contributed by atoms with Crippen molar-refractivity contribution in [2.75, 3.05) is 19.8 Å². The Morgan fingerprint density at radius 3 is 1.01 bits per heavy atom. The first-order chi connectivity index (χ1) is 35.6. The molecule has 0 aromatic rings. The molecule has 420 valence electrons. The lowest BCUT2D eigenvalue weighted by Gasteiger charge is -2.18. The molecule has 0 aromatic carbocycles. The van der Waals surface area contributed by atoms with Gasteiger partial charge in [-0.15, -0.1) is 0 Å². The molecule has 0 N–H and O–H groups in total. The van der Waals surface area contributed by atoms with E-state index in [1.807, 2.05) is 0 Å². The predicted octanol–water partition coefficient (Wildman–Crippen LogP) is 22.0. The van der Waals surface area contributed by atoms with Gasteiger partial charge in [0.25, 0.3) is 0 Å². The largest absolute Gasteiger partial charge is 0.462 e. The van der Waals surface area contributed by atoms with E-state index in [0.29, 0.717) is 19.4 Å². The van der Waals surface area contributed by atoms with Gasteiger partial charge in [-0.2, -0.15) is 0 Å². The van der Waals surface area contributed by atoms with Crippen molar-refractivity contribution in [3.05, 3.63) is 60.8 Å². The van der Waals surface area contributed by atoms with E-state index >= 15 is 0 Å². The van der Waals surface area contributed by atoms with Crippen LogP contribution < -0.4 is 0 Å². The summed E-state index contributed by atoms with van der Waals surface area (Å²) in [6.07, 6.45) is 81.1. The summed E-state index contributed by atoms with van der Waals surface area (Å²) in [5.74, 6) is -0.395. The minimum Gasteiger partial charge on any atom is -0.462 e. The van der Waals surface area contributed by atoms with E-state index in [1.165, 1.54) is 218 Å². The number of carbonyl (C=O) groups excluding carboxylic acids is 2. The molecule has 0 heterocycles. The van der Waals surface area contributed by atoms with Crippen LogP contribution in [0, 0.1) is 0 Å². The average molecular weight is 1010 g/mol. The van der Waals surface area contributed by atoms with E-state index in [-0.39, 0.29) is 25.2 Å². The van der Waals surface area contributed by atoms with Gasteiger partial charge in [-0.1, -0.05) is 293 Å². The fraction of sp³-hybridized carbons (Fsp3) is 0.821. The lowest BCUT2D eigenvalue weighted by Crippen LogP contribution is -2.30. The van der Waals surface area contributed by atoms with E-state index in [1.54, 1.807) is 0 Å². The second kappa shape index (κ2) is 62.9.